The van der Waals surface area contributed by atoms with Crippen molar-refractivity contribution in [2.75, 3.05) is 34.8 Å². The zero-order valence-electron chi connectivity index (χ0n) is 18.2. The number of nitrogens with zero attached hydrogens (tertiary/aromatic N) is 4. The number of rotatable bonds is 9. The van der Waals surface area contributed by atoms with Gasteiger partial charge in [-0.3, -0.25) is 14.7 Å². The molecule has 2 N–H and O–H groups in total. The lowest BCUT2D eigenvalue weighted by Gasteiger charge is -2.22. The Labute approximate surface area is 187 Å². The molecule has 0 saturated carbocycles. The predicted molar refractivity (Wildman–Crippen MR) is 126 cm³/mol. The van der Waals surface area contributed by atoms with Gasteiger partial charge in [-0.15, -0.1) is 0 Å². The van der Waals surface area contributed by atoms with Crippen LogP contribution in [0.1, 0.15) is 29.9 Å². The monoisotopic (exact) mass is 433 g/mol. The molecular weight excluding hydrogens is 406 g/mol. The summed E-state index contributed by atoms with van der Waals surface area (Å²) < 4.78 is 0. The minimum atomic E-state index is -1.03. The molecule has 2 heterocycles. The Morgan fingerprint density at radius 1 is 0.969 bits per heavy atom. The van der Waals surface area contributed by atoms with E-state index < -0.39 is 6.09 Å². The number of anilines is 3. The Hall–Kier alpha value is -3.94. The van der Waals surface area contributed by atoms with Crippen LogP contribution in [0.25, 0.3) is 0 Å². The van der Waals surface area contributed by atoms with Crippen molar-refractivity contribution in [1.82, 2.24) is 9.97 Å². The number of hydrogen-bond donors (Lipinski definition) is 2. The highest BCUT2D eigenvalue weighted by Gasteiger charge is 2.17. The second kappa shape index (κ2) is 10.9. The van der Waals surface area contributed by atoms with Crippen LogP contribution in [-0.2, 0) is 6.42 Å². The molecule has 32 heavy (non-hydrogen) atoms. The van der Waals surface area contributed by atoms with E-state index in [-0.39, 0.29) is 12.5 Å². The summed E-state index contributed by atoms with van der Waals surface area (Å²) in [6, 6.07) is 15.9. The van der Waals surface area contributed by atoms with Gasteiger partial charge in [0, 0.05) is 55.5 Å². The molecule has 0 spiro atoms. The summed E-state index contributed by atoms with van der Waals surface area (Å²) in [5.41, 5.74) is 2.37. The molecule has 0 aliphatic carbocycles. The maximum absolute atomic E-state index is 12.9. The number of aromatic nitrogens is 2. The van der Waals surface area contributed by atoms with Crippen molar-refractivity contribution in [1.29, 1.82) is 0 Å². The third-order valence-electron chi connectivity index (χ3n) is 5.06. The highest BCUT2D eigenvalue weighted by atomic mass is 16.4. The normalized spacial score (nSPS) is 10.4. The fourth-order valence-corrected chi connectivity index (χ4v) is 3.41. The largest absolute Gasteiger partial charge is 0.465 e. The van der Waals surface area contributed by atoms with E-state index in [9.17, 15) is 14.7 Å². The number of amides is 2. The zero-order valence-corrected chi connectivity index (χ0v) is 18.2. The quantitative estimate of drug-likeness (QED) is 0.522. The van der Waals surface area contributed by atoms with E-state index >= 15 is 0 Å². The highest BCUT2D eigenvalue weighted by molar-refractivity contribution is 6.07. The first-order valence-electron chi connectivity index (χ1n) is 10.5. The van der Waals surface area contributed by atoms with Crippen molar-refractivity contribution < 1.29 is 14.7 Å². The molecule has 2 aromatic heterocycles. The lowest BCUT2D eigenvalue weighted by Crippen LogP contribution is -2.31. The zero-order chi connectivity index (χ0) is 22.9. The number of hydrogen-bond acceptors (Lipinski definition) is 5. The fourth-order valence-electron chi connectivity index (χ4n) is 3.41. The first-order valence-corrected chi connectivity index (χ1v) is 10.5. The molecule has 0 atom stereocenters. The Morgan fingerprint density at radius 2 is 1.72 bits per heavy atom. The van der Waals surface area contributed by atoms with E-state index in [1.807, 2.05) is 24.8 Å². The molecule has 8 nitrogen and oxygen atoms in total. The summed E-state index contributed by atoms with van der Waals surface area (Å²) in [5.74, 6) is 0.387. The lowest BCUT2D eigenvalue weighted by molar-refractivity contribution is 0.102. The van der Waals surface area contributed by atoms with Crippen LogP contribution in [0.15, 0.2) is 67.0 Å². The molecule has 0 unspecified atom stereocenters. The number of nitrogens with one attached hydrogen (secondary N) is 1. The van der Waals surface area contributed by atoms with Gasteiger partial charge in [0.2, 0.25) is 0 Å². The topological polar surface area (TPSA) is 98.7 Å². The van der Waals surface area contributed by atoms with Crippen LogP contribution in [0, 0.1) is 0 Å². The third-order valence-corrected chi connectivity index (χ3v) is 5.06. The third kappa shape index (κ3) is 5.60. The Bertz CT molecular complexity index is 1050. The average molecular weight is 434 g/mol. The summed E-state index contributed by atoms with van der Waals surface area (Å²) in [6.45, 7) is 5.78. The van der Waals surface area contributed by atoms with Crippen LogP contribution in [0.2, 0.25) is 0 Å². The number of carbonyl (C=O) groups is 2. The molecule has 0 fully saturated rings. The average Bonchev–Trinajstić information content (AvgIpc) is 2.81. The summed E-state index contributed by atoms with van der Waals surface area (Å²) in [6.07, 6.45) is 2.66. The number of carboxylic acid groups (broad SMARTS) is 1. The molecule has 8 heteroatoms. The second-order valence-corrected chi connectivity index (χ2v) is 7.06. The van der Waals surface area contributed by atoms with Crippen molar-refractivity contribution in [3.05, 3.63) is 78.2 Å². The van der Waals surface area contributed by atoms with Gasteiger partial charge in [-0.1, -0.05) is 18.2 Å². The van der Waals surface area contributed by atoms with Crippen molar-refractivity contribution in [2.24, 2.45) is 0 Å². The molecule has 0 saturated heterocycles. The van der Waals surface area contributed by atoms with Gasteiger partial charge < -0.3 is 15.3 Å². The van der Waals surface area contributed by atoms with E-state index in [1.165, 1.54) is 4.90 Å². The Morgan fingerprint density at radius 3 is 2.41 bits per heavy atom. The molecule has 0 aliphatic rings. The molecule has 3 rings (SSSR count). The van der Waals surface area contributed by atoms with Crippen LogP contribution in [-0.4, -0.2) is 46.7 Å². The van der Waals surface area contributed by atoms with E-state index in [4.69, 9.17) is 0 Å². The van der Waals surface area contributed by atoms with Gasteiger partial charge in [-0.25, -0.2) is 9.78 Å². The maximum Gasteiger partial charge on any atom is 0.411 e. The minimum absolute atomic E-state index is 0.248. The van der Waals surface area contributed by atoms with Gasteiger partial charge in [0.1, 0.15) is 5.82 Å². The minimum Gasteiger partial charge on any atom is -0.465 e. The summed E-state index contributed by atoms with van der Waals surface area (Å²) in [4.78, 5) is 36.6. The molecule has 0 bridgehead atoms. The number of carbonyl (C=O) groups excluding carboxylic acids is 1. The van der Waals surface area contributed by atoms with Crippen LogP contribution < -0.4 is 15.1 Å². The van der Waals surface area contributed by atoms with E-state index in [0.29, 0.717) is 34.9 Å². The summed E-state index contributed by atoms with van der Waals surface area (Å²) in [5, 5.41) is 12.5. The Kier molecular flexibility index (Phi) is 7.75. The van der Waals surface area contributed by atoms with E-state index in [1.54, 1.807) is 60.9 Å². The predicted octanol–water partition coefficient (Wildman–Crippen LogP) is 4.30. The second-order valence-electron chi connectivity index (χ2n) is 7.06. The number of benzene rings is 1. The van der Waals surface area contributed by atoms with Crippen LogP contribution in [0.5, 0.6) is 0 Å². The van der Waals surface area contributed by atoms with Crippen molar-refractivity contribution >= 4 is 29.2 Å². The van der Waals surface area contributed by atoms with Gasteiger partial charge in [-0.05, 0) is 50.2 Å². The van der Waals surface area contributed by atoms with Gasteiger partial charge >= 0.3 is 6.09 Å². The maximum atomic E-state index is 12.9. The molecule has 1 aromatic carbocycles. The molecule has 166 valence electrons. The SMILES string of the molecule is CCN(CC)c1ncccc1C(=O)Nc1ccnc(CCN(C(=O)O)c2ccccc2)c1. The van der Waals surface area contributed by atoms with E-state index in [2.05, 4.69) is 15.3 Å². The molecule has 0 aliphatic heterocycles. The van der Waals surface area contributed by atoms with E-state index in [0.717, 1.165) is 13.1 Å². The van der Waals surface area contributed by atoms with Crippen LogP contribution >= 0.6 is 0 Å². The van der Waals surface area contributed by atoms with Gasteiger partial charge in [0.15, 0.2) is 0 Å². The van der Waals surface area contributed by atoms with Crippen molar-refractivity contribution in [2.45, 2.75) is 20.3 Å². The first kappa shape index (κ1) is 22.7. The smallest absolute Gasteiger partial charge is 0.411 e. The van der Waals surface area contributed by atoms with Crippen molar-refractivity contribution in [3.8, 4) is 0 Å². The first-order chi connectivity index (χ1) is 15.5. The number of pyridine rings is 2. The molecule has 0 radical (unpaired) electrons. The summed E-state index contributed by atoms with van der Waals surface area (Å²) in [7, 11) is 0. The molecule has 3 aromatic rings. The van der Waals surface area contributed by atoms with Crippen LogP contribution in [0.3, 0.4) is 0 Å². The van der Waals surface area contributed by atoms with Crippen molar-refractivity contribution in [3.63, 3.8) is 0 Å². The lowest BCUT2D eigenvalue weighted by atomic mass is 10.2. The summed E-state index contributed by atoms with van der Waals surface area (Å²) >= 11 is 0. The molecular formula is C24H27N5O3. The highest BCUT2D eigenvalue weighted by Crippen LogP contribution is 2.20. The van der Waals surface area contributed by atoms with Crippen LogP contribution in [0.4, 0.5) is 22.0 Å². The van der Waals surface area contributed by atoms with Gasteiger partial charge in [0.25, 0.3) is 5.91 Å². The molecule has 2 amide bonds. The van der Waals surface area contributed by atoms with Gasteiger partial charge in [0.05, 0.1) is 5.56 Å². The Balaban J connectivity index is 1.72. The van der Waals surface area contributed by atoms with Gasteiger partial charge in [-0.2, -0.15) is 0 Å². The fraction of sp³-hybridized carbons (Fsp3) is 0.250. The number of para-hydroxylation sites is 1. The standard InChI is InChI=1S/C24H27N5O3/c1-3-28(4-2)22-21(11-8-14-26-22)23(30)27-19-12-15-25-18(17-19)13-16-29(24(31)32)20-9-6-5-7-10-20/h5-12,14-15,17H,3-4,13,16H2,1-2H3,(H,31,32)(H,25,27,30).